The number of aromatic nitrogens is 1. The van der Waals surface area contributed by atoms with Crippen LogP contribution in [0.4, 0.5) is 13.2 Å². The van der Waals surface area contributed by atoms with Gasteiger partial charge in [0.2, 0.25) is 0 Å². The van der Waals surface area contributed by atoms with Crippen LogP contribution in [0.2, 0.25) is 0 Å². The summed E-state index contributed by atoms with van der Waals surface area (Å²) in [5.74, 6) is -2.27. The normalized spacial score (nSPS) is 13.4. The van der Waals surface area contributed by atoms with Gasteiger partial charge in [-0.05, 0) is 42.0 Å². The molecule has 0 saturated heterocycles. The summed E-state index contributed by atoms with van der Waals surface area (Å²) in [5.41, 5.74) is -1.24. The lowest BCUT2D eigenvalue weighted by molar-refractivity contribution is -0.142. The van der Waals surface area contributed by atoms with Crippen molar-refractivity contribution < 1.29 is 37.4 Å². The topological polar surface area (TPSA) is 88.8 Å². The third-order valence-corrected chi connectivity index (χ3v) is 6.11. The molecular formula is C26H17F3N2O5. The van der Waals surface area contributed by atoms with Crippen molar-refractivity contribution in [3.05, 3.63) is 94.8 Å². The van der Waals surface area contributed by atoms with Crippen molar-refractivity contribution in [2.75, 3.05) is 7.11 Å². The van der Waals surface area contributed by atoms with Gasteiger partial charge in [-0.15, -0.1) is 0 Å². The first-order valence-electron chi connectivity index (χ1n) is 10.7. The molecular weight excluding hydrogens is 477 g/mol. The number of benzene rings is 3. The third-order valence-electron chi connectivity index (χ3n) is 6.11. The van der Waals surface area contributed by atoms with Gasteiger partial charge in [0.15, 0.2) is 0 Å². The number of ether oxygens (including phenoxy) is 1. The summed E-state index contributed by atoms with van der Waals surface area (Å²) in [6.45, 7) is -0.00294. The summed E-state index contributed by atoms with van der Waals surface area (Å²) in [6, 6.07) is 14.9. The number of hydrogen-bond donors (Lipinski definition) is 1. The van der Waals surface area contributed by atoms with Gasteiger partial charge in [0.25, 0.3) is 11.8 Å². The molecule has 1 aliphatic heterocycles. The average Bonchev–Trinajstić information content (AvgIpc) is 3.31. The second-order valence-corrected chi connectivity index (χ2v) is 8.16. The highest BCUT2D eigenvalue weighted by molar-refractivity contribution is 6.26. The van der Waals surface area contributed by atoms with Gasteiger partial charge in [0.05, 0.1) is 24.9 Å². The van der Waals surface area contributed by atoms with Crippen LogP contribution in [0.15, 0.2) is 66.9 Å². The van der Waals surface area contributed by atoms with Crippen LogP contribution in [0, 0.1) is 0 Å². The lowest BCUT2D eigenvalue weighted by atomic mass is 9.92. The molecule has 3 aromatic carbocycles. The van der Waals surface area contributed by atoms with Gasteiger partial charge in [-0.2, -0.15) is 13.2 Å². The summed E-state index contributed by atoms with van der Waals surface area (Å²) in [6.07, 6.45) is -3.95. The predicted molar refractivity (Wildman–Crippen MR) is 122 cm³/mol. The fourth-order valence-electron chi connectivity index (χ4n) is 4.49. The van der Waals surface area contributed by atoms with E-state index in [0.717, 1.165) is 21.7 Å². The summed E-state index contributed by atoms with van der Waals surface area (Å²) in [4.78, 5) is 39.2. The Labute approximate surface area is 201 Å². The Balaban J connectivity index is 1.64. The minimum atomic E-state index is -4.96. The van der Waals surface area contributed by atoms with Crippen molar-refractivity contribution >= 4 is 28.6 Å². The Morgan fingerprint density at radius 2 is 1.61 bits per heavy atom. The van der Waals surface area contributed by atoms with Crippen LogP contribution < -0.4 is 4.74 Å². The van der Waals surface area contributed by atoms with Crippen LogP contribution in [0.1, 0.15) is 42.3 Å². The van der Waals surface area contributed by atoms with E-state index in [9.17, 15) is 32.7 Å². The molecule has 2 amide bonds. The molecule has 0 atom stereocenters. The van der Waals surface area contributed by atoms with E-state index < -0.39 is 35.2 Å². The highest BCUT2D eigenvalue weighted by Gasteiger charge is 2.40. The molecule has 4 aromatic rings. The molecule has 0 unspecified atom stereocenters. The number of methoxy groups -OCH3 is 1. The zero-order chi connectivity index (χ0) is 25.8. The van der Waals surface area contributed by atoms with E-state index in [0.29, 0.717) is 11.3 Å². The molecule has 0 spiro atoms. The molecule has 0 radical (unpaired) electrons. The number of rotatable bonds is 5. The zero-order valence-corrected chi connectivity index (χ0v) is 18.7. The lowest BCUT2D eigenvalue weighted by Gasteiger charge is -2.28. The Kier molecular flexibility index (Phi) is 5.31. The van der Waals surface area contributed by atoms with Crippen molar-refractivity contribution in [1.82, 2.24) is 9.47 Å². The van der Waals surface area contributed by atoms with Crippen molar-refractivity contribution in [2.45, 2.75) is 12.7 Å². The molecule has 0 bridgehead atoms. The number of carbonyl (C=O) groups excluding carboxylic acids is 2. The molecule has 0 aliphatic carbocycles. The summed E-state index contributed by atoms with van der Waals surface area (Å²) in [7, 11) is 1.52. The Morgan fingerprint density at radius 3 is 2.22 bits per heavy atom. The van der Waals surface area contributed by atoms with Crippen molar-refractivity contribution in [1.29, 1.82) is 0 Å². The second-order valence-electron chi connectivity index (χ2n) is 8.16. The molecule has 2 heterocycles. The fraction of sp³-hybridized carbons (Fsp3) is 0.115. The third kappa shape index (κ3) is 3.58. The molecule has 10 heteroatoms. The summed E-state index contributed by atoms with van der Waals surface area (Å²) < 4.78 is 47.4. The smallest absolute Gasteiger partial charge is 0.432 e. The monoisotopic (exact) mass is 494 g/mol. The summed E-state index contributed by atoms with van der Waals surface area (Å²) in [5, 5.41) is 9.71. The minimum Gasteiger partial charge on any atom is -0.497 e. The summed E-state index contributed by atoms with van der Waals surface area (Å²) >= 11 is 0. The molecule has 0 fully saturated rings. The van der Waals surface area contributed by atoms with Crippen LogP contribution in [0.25, 0.3) is 16.5 Å². The number of alkyl halides is 3. The number of aromatic carboxylic acids is 1. The fourth-order valence-corrected chi connectivity index (χ4v) is 4.49. The first kappa shape index (κ1) is 23.2. The first-order valence-corrected chi connectivity index (χ1v) is 10.7. The molecule has 182 valence electrons. The molecule has 5 rings (SSSR count). The van der Waals surface area contributed by atoms with E-state index in [-0.39, 0.29) is 34.1 Å². The van der Waals surface area contributed by atoms with Gasteiger partial charge < -0.3 is 14.4 Å². The van der Waals surface area contributed by atoms with Gasteiger partial charge in [0.1, 0.15) is 11.4 Å². The lowest BCUT2D eigenvalue weighted by Crippen LogP contribution is -2.39. The maximum atomic E-state index is 13.8. The standard InChI is InChI=1S/C26H17F3N2O5/c1-36-15-7-5-14(6-8-15)13-31-23(32)17-4-2-3-16-20(10-9-18(21(16)17)24(31)33)30-12-11-19(25(34)35)22(30)26(27,28)29/h2-12H,13H2,1H3,(H,34,35). The predicted octanol–water partition coefficient (Wildman–Crippen LogP) is 5.15. The number of carboxylic acid groups (broad SMARTS) is 1. The van der Waals surface area contributed by atoms with Crippen LogP contribution in [-0.2, 0) is 12.7 Å². The molecule has 1 aromatic heterocycles. The quantitative estimate of drug-likeness (QED) is 0.388. The number of imide groups is 1. The van der Waals surface area contributed by atoms with Crippen LogP contribution in [0.3, 0.4) is 0 Å². The van der Waals surface area contributed by atoms with Crippen molar-refractivity contribution in [2.24, 2.45) is 0 Å². The van der Waals surface area contributed by atoms with E-state index in [1.165, 1.54) is 37.4 Å². The van der Waals surface area contributed by atoms with E-state index in [4.69, 9.17) is 4.74 Å². The van der Waals surface area contributed by atoms with E-state index in [1.54, 1.807) is 24.3 Å². The van der Waals surface area contributed by atoms with Crippen LogP contribution >= 0.6 is 0 Å². The van der Waals surface area contributed by atoms with Crippen LogP contribution in [-0.4, -0.2) is 39.5 Å². The average molecular weight is 494 g/mol. The first-order chi connectivity index (χ1) is 17.1. The minimum absolute atomic E-state index is 0.000343. The van der Waals surface area contributed by atoms with E-state index in [1.807, 2.05) is 0 Å². The zero-order valence-electron chi connectivity index (χ0n) is 18.7. The van der Waals surface area contributed by atoms with Gasteiger partial charge in [-0.25, -0.2) is 4.79 Å². The van der Waals surface area contributed by atoms with Gasteiger partial charge in [-0.3, -0.25) is 14.5 Å². The number of halogens is 3. The van der Waals surface area contributed by atoms with Crippen molar-refractivity contribution in [3.63, 3.8) is 0 Å². The number of carboxylic acids is 1. The maximum Gasteiger partial charge on any atom is 0.432 e. The number of nitrogens with zero attached hydrogens (tertiary/aromatic N) is 2. The highest BCUT2D eigenvalue weighted by atomic mass is 19.4. The Hall–Kier alpha value is -4.60. The molecule has 0 saturated carbocycles. The Morgan fingerprint density at radius 1 is 0.944 bits per heavy atom. The Bertz CT molecular complexity index is 1530. The molecule has 7 nitrogen and oxygen atoms in total. The molecule has 1 N–H and O–H groups in total. The van der Waals surface area contributed by atoms with Gasteiger partial charge in [0, 0.05) is 28.1 Å². The van der Waals surface area contributed by atoms with E-state index >= 15 is 0 Å². The highest BCUT2D eigenvalue weighted by Crippen LogP contribution is 2.39. The van der Waals surface area contributed by atoms with Gasteiger partial charge in [-0.1, -0.05) is 24.3 Å². The maximum absolute atomic E-state index is 13.8. The molecule has 1 aliphatic rings. The van der Waals surface area contributed by atoms with Crippen LogP contribution in [0.5, 0.6) is 5.75 Å². The largest absolute Gasteiger partial charge is 0.497 e. The number of carbonyl (C=O) groups is 3. The number of hydrogen-bond acceptors (Lipinski definition) is 4. The SMILES string of the molecule is COc1ccc(CN2C(=O)c3cccc4c(-n5ccc(C(=O)O)c5C(F)(F)F)ccc(c34)C2=O)cc1. The number of amides is 2. The van der Waals surface area contributed by atoms with Gasteiger partial charge >= 0.3 is 12.1 Å². The van der Waals surface area contributed by atoms with E-state index in [2.05, 4.69) is 0 Å². The second kappa shape index (κ2) is 8.26. The van der Waals surface area contributed by atoms with Crippen molar-refractivity contribution in [3.8, 4) is 11.4 Å². The molecule has 36 heavy (non-hydrogen) atoms.